The number of rotatable bonds is 3. The van der Waals surface area contributed by atoms with Crippen LogP contribution in [0.3, 0.4) is 0 Å². The van der Waals surface area contributed by atoms with Gasteiger partial charge in [0.1, 0.15) is 16.6 Å². The Bertz CT molecular complexity index is 1610. The summed E-state index contributed by atoms with van der Waals surface area (Å²) in [6.07, 6.45) is 3.62. The fourth-order valence-electron chi connectivity index (χ4n) is 5.17. The summed E-state index contributed by atoms with van der Waals surface area (Å²) in [5.74, 6) is -0.753. The van der Waals surface area contributed by atoms with E-state index in [1.165, 1.54) is 0 Å². The normalized spacial score (nSPS) is 19.5. The highest BCUT2D eigenvalue weighted by atomic mass is 32.1. The number of thiophene rings is 1. The summed E-state index contributed by atoms with van der Waals surface area (Å²) in [5, 5.41) is 10.7. The van der Waals surface area contributed by atoms with Crippen LogP contribution in [-0.2, 0) is 18.0 Å². The third-order valence-corrected chi connectivity index (χ3v) is 8.57. The first kappa shape index (κ1) is 23.0. The molecule has 2 N–H and O–H groups in total. The van der Waals surface area contributed by atoms with E-state index in [1.807, 2.05) is 20.2 Å². The number of aromatic nitrogens is 3. The molecule has 11 heteroatoms. The smallest absolute Gasteiger partial charge is 0.226 e. The van der Waals surface area contributed by atoms with Gasteiger partial charge in [0.2, 0.25) is 5.95 Å². The van der Waals surface area contributed by atoms with E-state index in [0.717, 1.165) is 36.1 Å². The molecule has 184 valence electrons. The van der Waals surface area contributed by atoms with Crippen molar-refractivity contribution in [3.8, 4) is 17.3 Å². The average molecular weight is 508 g/mol. The average Bonchev–Trinajstić information content (AvgIpc) is 3.58. The van der Waals surface area contributed by atoms with Crippen molar-refractivity contribution in [1.82, 2.24) is 19.9 Å². The molecule has 6 rings (SSSR count). The summed E-state index contributed by atoms with van der Waals surface area (Å²) < 4.78 is 36.9. The maximum Gasteiger partial charge on any atom is 0.226 e. The second-order valence-corrected chi connectivity index (χ2v) is 10.8. The zero-order valence-corrected chi connectivity index (χ0v) is 20.8. The lowest BCUT2D eigenvalue weighted by Crippen LogP contribution is -2.43. The van der Waals surface area contributed by atoms with E-state index in [0.29, 0.717) is 23.4 Å². The van der Waals surface area contributed by atoms with Crippen LogP contribution in [0, 0.1) is 23.0 Å². The Balaban J connectivity index is 1.60. The quantitative estimate of drug-likeness (QED) is 0.440. The lowest BCUT2D eigenvalue weighted by atomic mass is 9.94. The maximum atomic E-state index is 16.4. The van der Waals surface area contributed by atoms with Gasteiger partial charge in [-0.25, -0.2) is 18.7 Å². The van der Waals surface area contributed by atoms with Gasteiger partial charge < -0.3 is 20.3 Å². The van der Waals surface area contributed by atoms with E-state index in [4.69, 9.17) is 10.5 Å². The van der Waals surface area contributed by atoms with Gasteiger partial charge in [0, 0.05) is 41.2 Å². The molecule has 0 bridgehead atoms. The lowest BCUT2D eigenvalue weighted by molar-refractivity contribution is 0.135. The van der Waals surface area contributed by atoms with Crippen molar-refractivity contribution in [3.63, 3.8) is 0 Å². The second kappa shape index (κ2) is 8.03. The third kappa shape index (κ3) is 3.18. The standard InChI is InChI=1S/C25H23F2N7OS/c1-25(33(2)3)4-5-34(11-25)24-31-7-13-14-9-35-10-15(14)17(19(27)20(13)32-24)21-18-12(6-28)23(29)36-22(18)16(26)8-30-21/h7-8H,4-5,9-11,29H2,1-3H3. The molecule has 1 fully saturated rings. The van der Waals surface area contributed by atoms with Crippen LogP contribution in [0.5, 0.6) is 0 Å². The van der Waals surface area contributed by atoms with Gasteiger partial charge in [-0.15, -0.1) is 11.3 Å². The molecule has 3 aromatic heterocycles. The number of hydrogen-bond acceptors (Lipinski definition) is 9. The molecule has 1 unspecified atom stereocenters. The molecule has 5 heterocycles. The number of anilines is 2. The van der Waals surface area contributed by atoms with Crippen LogP contribution in [0.1, 0.15) is 30.0 Å². The van der Waals surface area contributed by atoms with Gasteiger partial charge in [0.25, 0.3) is 0 Å². The highest BCUT2D eigenvalue weighted by Gasteiger charge is 2.37. The predicted octanol–water partition coefficient (Wildman–Crippen LogP) is 4.20. The minimum atomic E-state index is -0.608. The molecule has 0 radical (unpaired) electrons. The maximum absolute atomic E-state index is 16.4. The lowest BCUT2D eigenvalue weighted by Gasteiger charge is -2.32. The van der Waals surface area contributed by atoms with Gasteiger partial charge in [-0.05, 0) is 38.6 Å². The molecule has 2 aliphatic rings. The molecular weight excluding hydrogens is 484 g/mol. The summed E-state index contributed by atoms with van der Waals surface area (Å²) in [7, 11) is 4.09. The van der Waals surface area contributed by atoms with Crippen LogP contribution in [0.25, 0.3) is 32.2 Å². The summed E-state index contributed by atoms with van der Waals surface area (Å²) in [6.45, 7) is 4.08. The summed E-state index contributed by atoms with van der Waals surface area (Å²) >= 11 is 0.953. The first-order valence-electron chi connectivity index (χ1n) is 11.5. The van der Waals surface area contributed by atoms with E-state index in [1.54, 1.807) is 6.20 Å². The number of likely N-dealkylation sites (N-methyl/N-ethyl adjacent to an activating group) is 1. The van der Waals surface area contributed by atoms with Crippen molar-refractivity contribution in [3.05, 3.63) is 40.7 Å². The molecule has 0 spiro atoms. The molecule has 1 saturated heterocycles. The molecule has 0 amide bonds. The van der Waals surface area contributed by atoms with Crippen LogP contribution in [-0.4, -0.2) is 52.6 Å². The Labute approximate surface area is 209 Å². The van der Waals surface area contributed by atoms with Crippen molar-refractivity contribution in [2.24, 2.45) is 0 Å². The minimum absolute atomic E-state index is 0.0377. The third-order valence-electron chi connectivity index (χ3n) is 7.55. The fraction of sp³-hybridized carbons (Fsp3) is 0.360. The number of pyridine rings is 1. The monoisotopic (exact) mass is 507 g/mol. The summed E-state index contributed by atoms with van der Waals surface area (Å²) in [5.41, 5.74) is 7.92. The van der Waals surface area contributed by atoms with Crippen LogP contribution in [0.15, 0.2) is 12.4 Å². The second-order valence-electron chi connectivity index (χ2n) is 9.75. The fourth-order valence-corrected chi connectivity index (χ4v) is 6.09. The molecular formula is C25H23F2N7OS. The Kier molecular flexibility index (Phi) is 5.12. The van der Waals surface area contributed by atoms with Crippen molar-refractivity contribution < 1.29 is 13.5 Å². The van der Waals surface area contributed by atoms with Crippen molar-refractivity contribution in [2.75, 3.05) is 37.8 Å². The zero-order chi connectivity index (χ0) is 25.4. The van der Waals surface area contributed by atoms with Gasteiger partial charge in [-0.2, -0.15) is 5.26 Å². The molecule has 36 heavy (non-hydrogen) atoms. The molecule has 8 nitrogen and oxygen atoms in total. The Hall–Kier alpha value is -3.46. The number of halogens is 2. The highest BCUT2D eigenvalue weighted by molar-refractivity contribution is 7.23. The van der Waals surface area contributed by atoms with E-state index in [2.05, 4.69) is 31.7 Å². The van der Waals surface area contributed by atoms with Crippen LogP contribution in [0.2, 0.25) is 0 Å². The number of ether oxygens (including phenoxy) is 1. The Morgan fingerprint density at radius 1 is 1.22 bits per heavy atom. The molecule has 0 aliphatic carbocycles. The van der Waals surface area contributed by atoms with Gasteiger partial charge in [0.15, 0.2) is 11.6 Å². The van der Waals surface area contributed by atoms with E-state index in [-0.39, 0.29) is 56.2 Å². The van der Waals surface area contributed by atoms with Gasteiger partial charge in [-0.1, -0.05) is 0 Å². The first-order chi connectivity index (χ1) is 17.2. The topological polar surface area (TPSA) is 104 Å². The number of nitrogen functional groups attached to an aromatic ring is 1. The van der Waals surface area contributed by atoms with Gasteiger partial charge >= 0.3 is 0 Å². The van der Waals surface area contributed by atoms with Crippen molar-refractivity contribution in [2.45, 2.75) is 32.1 Å². The van der Waals surface area contributed by atoms with E-state index >= 15 is 4.39 Å². The van der Waals surface area contributed by atoms with Crippen LogP contribution >= 0.6 is 11.3 Å². The van der Waals surface area contributed by atoms with Crippen molar-refractivity contribution in [1.29, 1.82) is 5.26 Å². The molecule has 2 aliphatic heterocycles. The number of benzene rings is 1. The minimum Gasteiger partial charge on any atom is -0.389 e. The van der Waals surface area contributed by atoms with Crippen LogP contribution in [0.4, 0.5) is 19.7 Å². The van der Waals surface area contributed by atoms with Gasteiger partial charge in [0.05, 0.1) is 35.4 Å². The number of fused-ring (bicyclic) bond motifs is 4. The van der Waals surface area contributed by atoms with Crippen molar-refractivity contribution >= 4 is 43.3 Å². The SMILES string of the molecule is CN(C)C1(C)CCN(c2ncc3c4c(c(-c5ncc(F)c6sc(N)c(C#N)c56)c(F)c3n2)COC4)C1. The molecule has 1 atom stereocenters. The van der Waals surface area contributed by atoms with Gasteiger partial charge in [-0.3, -0.25) is 4.98 Å². The molecule has 0 saturated carbocycles. The molecule has 4 aromatic rings. The highest BCUT2D eigenvalue weighted by Crippen LogP contribution is 2.45. The van der Waals surface area contributed by atoms with E-state index in [9.17, 15) is 9.65 Å². The summed E-state index contributed by atoms with van der Waals surface area (Å²) in [6, 6.07) is 2.03. The first-order valence-corrected chi connectivity index (χ1v) is 12.3. The van der Waals surface area contributed by atoms with Crippen LogP contribution < -0.4 is 10.6 Å². The Morgan fingerprint density at radius 2 is 2.00 bits per heavy atom. The molecule has 1 aromatic carbocycles. The zero-order valence-electron chi connectivity index (χ0n) is 20.0. The number of hydrogen-bond donors (Lipinski definition) is 1. The van der Waals surface area contributed by atoms with E-state index < -0.39 is 11.6 Å². The number of nitriles is 1. The number of nitrogens with zero attached hydrogens (tertiary/aromatic N) is 6. The number of nitrogens with two attached hydrogens (primary N) is 1. The predicted molar refractivity (Wildman–Crippen MR) is 135 cm³/mol. The summed E-state index contributed by atoms with van der Waals surface area (Å²) in [4.78, 5) is 17.7. The largest absolute Gasteiger partial charge is 0.389 e. The Morgan fingerprint density at radius 3 is 2.72 bits per heavy atom.